The number of hydrogen-bond donors (Lipinski definition) is 1. The van der Waals surface area contributed by atoms with Crippen LogP contribution in [0.5, 0.6) is 0 Å². The van der Waals surface area contributed by atoms with E-state index in [2.05, 4.69) is 16.0 Å². The lowest BCUT2D eigenvalue weighted by molar-refractivity contribution is -0.384. The van der Waals surface area contributed by atoms with Gasteiger partial charge < -0.3 is 9.88 Å². The van der Waals surface area contributed by atoms with Gasteiger partial charge >= 0.3 is 0 Å². The van der Waals surface area contributed by atoms with Crippen LogP contribution in [0.2, 0.25) is 0 Å². The van der Waals surface area contributed by atoms with Crippen LogP contribution in [0.15, 0.2) is 42.5 Å². The monoisotopic (exact) mass is 416 g/mol. The summed E-state index contributed by atoms with van der Waals surface area (Å²) in [4.78, 5) is 23.0. The van der Waals surface area contributed by atoms with Crippen molar-refractivity contribution in [3.05, 3.63) is 75.0 Å². The second-order valence-corrected chi connectivity index (χ2v) is 8.39. The first-order valence-electron chi connectivity index (χ1n) is 10.4. The first-order chi connectivity index (χ1) is 14.9. The van der Waals surface area contributed by atoms with E-state index in [0.29, 0.717) is 18.5 Å². The molecule has 4 rings (SSSR count). The molecule has 0 fully saturated rings. The number of carbonyl (C=O) groups excluding carboxylic acids is 1. The maximum absolute atomic E-state index is 12.2. The predicted molar refractivity (Wildman–Crippen MR) is 118 cm³/mol. The van der Waals surface area contributed by atoms with Crippen LogP contribution in [0.1, 0.15) is 42.7 Å². The number of carbonyl (C=O) groups is 1. The number of benzene rings is 2. The lowest BCUT2D eigenvalue weighted by Gasteiger charge is -2.26. The highest BCUT2D eigenvalue weighted by molar-refractivity contribution is 5.87. The molecule has 158 valence electrons. The van der Waals surface area contributed by atoms with Crippen molar-refractivity contribution in [1.29, 1.82) is 5.26 Å². The Morgan fingerprint density at radius 3 is 2.84 bits per heavy atom. The summed E-state index contributed by atoms with van der Waals surface area (Å²) in [6, 6.07) is 14.6. The molecule has 1 aliphatic carbocycles. The zero-order valence-corrected chi connectivity index (χ0v) is 17.6. The molecule has 0 aliphatic heterocycles. The average Bonchev–Trinajstić information content (AvgIpc) is 3.06. The van der Waals surface area contributed by atoms with E-state index in [-0.39, 0.29) is 28.5 Å². The standard InChI is InChI=1S/C24H24N4O3/c1-15(2)24(29)26-18-7-9-23-21(12-18)20-11-16(13-25)6-8-22(20)27(23)14-17-4-3-5-19(10-17)28(30)31/h3-6,8,10-11,15,18H,7,9,12,14H2,1-2H3,(H,26,29). The van der Waals surface area contributed by atoms with Crippen molar-refractivity contribution in [1.82, 2.24) is 9.88 Å². The van der Waals surface area contributed by atoms with E-state index >= 15 is 0 Å². The lowest BCUT2D eigenvalue weighted by Crippen LogP contribution is -2.41. The van der Waals surface area contributed by atoms with Crippen molar-refractivity contribution in [3.8, 4) is 6.07 Å². The molecule has 31 heavy (non-hydrogen) atoms. The number of non-ortho nitro benzene ring substituents is 1. The number of hydrogen-bond acceptors (Lipinski definition) is 4. The van der Waals surface area contributed by atoms with Crippen molar-refractivity contribution in [2.75, 3.05) is 0 Å². The quantitative estimate of drug-likeness (QED) is 0.500. The highest BCUT2D eigenvalue weighted by Gasteiger charge is 2.27. The van der Waals surface area contributed by atoms with Gasteiger partial charge in [-0.15, -0.1) is 0 Å². The first kappa shape index (κ1) is 20.6. The number of fused-ring (bicyclic) bond motifs is 3. The van der Waals surface area contributed by atoms with Crippen LogP contribution in [0.25, 0.3) is 10.9 Å². The number of nitrogens with zero attached hydrogens (tertiary/aromatic N) is 3. The van der Waals surface area contributed by atoms with Crippen LogP contribution in [-0.2, 0) is 24.2 Å². The van der Waals surface area contributed by atoms with Gasteiger partial charge in [-0.3, -0.25) is 14.9 Å². The summed E-state index contributed by atoms with van der Waals surface area (Å²) in [7, 11) is 0. The minimum atomic E-state index is -0.381. The number of nitro groups is 1. The van der Waals surface area contributed by atoms with Gasteiger partial charge in [0.05, 0.1) is 16.6 Å². The summed E-state index contributed by atoms with van der Waals surface area (Å²) in [5.74, 6) is -0.0201. The van der Waals surface area contributed by atoms with E-state index in [9.17, 15) is 20.2 Å². The number of rotatable bonds is 5. The molecule has 0 saturated carbocycles. The number of nitriles is 1. The normalized spacial score (nSPS) is 15.5. The third-order valence-electron chi connectivity index (χ3n) is 5.93. The molecule has 1 aromatic heterocycles. The maximum atomic E-state index is 12.2. The first-order valence-corrected chi connectivity index (χ1v) is 10.4. The summed E-state index contributed by atoms with van der Waals surface area (Å²) in [5.41, 5.74) is 4.85. The molecule has 0 saturated heterocycles. The van der Waals surface area contributed by atoms with Gasteiger partial charge in [0.1, 0.15) is 0 Å². The zero-order valence-electron chi connectivity index (χ0n) is 17.6. The van der Waals surface area contributed by atoms with Gasteiger partial charge in [-0.25, -0.2) is 0 Å². The van der Waals surface area contributed by atoms with Crippen molar-refractivity contribution in [2.45, 2.75) is 45.7 Å². The van der Waals surface area contributed by atoms with Gasteiger partial charge in [0.15, 0.2) is 0 Å². The molecule has 0 bridgehead atoms. The fourth-order valence-corrected chi connectivity index (χ4v) is 4.34. The third-order valence-corrected chi connectivity index (χ3v) is 5.93. The molecule has 3 aromatic rings. The molecule has 1 unspecified atom stereocenters. The van der Waals surface area contributed by atoms with Gasteiger partial charge in [0.2, 0.25) is 5.91 Å². The second kappa shape index (κ2) is 8.23. The van der Waals surface area contributed by atoms with Crippen LogP contribution in [-0.4, -0.2) is 21.4 Å². The molecule has 1 atom stereocenters. The summed E-state index contributed by atoms with van der Waals surface area (Å²) >= 11 is 0. The molecule has 1 heterocycles. The van der Waals surface area contributed by atoms with E-state index < -0.39 is 0 Å². The second-order valence-electron chi connectivity index (χ2n) is 8.39. The van der Waals surface area contributed by atoms with E-state index in [1.54, 1.807) is 18.2 Å². The van der Waals surface area contributed by atoms with Crippen molar-refractivity contribution in [3.63, 3.8) is 0 Å². The molecule has 0 radical (unpaired) electrons. The van der Waals surface area contributed by atoms with Gasteiger partial charge in [0.25, 0.3) is 5.69 Å². The summed E-state index contributed by atoms with van der Waals surface area (Å²) in [5, 5.41) is 24.7. The molecule has 1 N–H and O–H groups in total. The Morgan fingerprint density at radius 2 is 2.13 bits per heavy atom. The number of aromatic nitrogens is 1. The molecular formula is C24H24N4O3. The SMILES string of the molecule is CC(C)C(=O)NC1CCc2c(c3cc(C#N)ccc3n2Cc2cccc([N+](=O)[O-])c2)C1. The Bertz CT molecular complexity index is 1220. The average molecular weight is 416 g/mol. The van der Waals surface area contributed by atoms with Crippen molar-refractivity contribution < 1.29 is 9.72 Å². The molecule has 1 aliphatic rings. The molecule has 1 amide bonds. The van der Waals surface area contributed by atoms with E-state index in [1.807, 2.05) is 32.0 Å². The largest absolute Gasteiger partial charge is 0.353 e. The minimum absolute atomic E-state index is 0.0477. The van der Waals surface area contributed by atoms with Crippen molar-refractivity contribution in [2.24, 2.45) is 5.92 Å². The Hall–Kier alpha value is -3.66. The number of amides is 1. The molecule has 7 heteroatoms. The topological polar surface area (TPSA) is 101 Å². The van der Waals surface area contributed by atoms with Gasteiger partial charge in [-0.1, -0.05) is 26.0 Å². The zero-order chi connectivity index (χ0) is 22.1. The van der Waals surface area contributed by atoms with E-state index in [4.69, 9.17) is 0 Å². The molecule has 2 aromatic carbocycles. The number of nitro benzene ring substituents is 1. The summed E-state index contributed by atoms with van der Waals surface area (Å²) in [6.07, 6.45) is 2.34. The molecule has 0 spiro atoms. The summed E-state index contributed by atoms with van der Waals surface area (Å²) in [6.45, 7) is 4.28. The molecular weight excluding hydrogens is 392 g/mol. The lowest BCUT2D eigenvalue weighted by atomic mass is 9.90. The number of nitrogens with one attached hydrogen (secondary N) is 1. The van der Waals surface area contributed by atoms with Crippen LogP contribution in [0.4, 0.5) is 5.69 Å². The van der Waals surface area contributed by atoms with Gasteiger partial charge in [0, 0.05) is 47.2 Å². The fraction of sp³-hybridized carbons (Fsp3) is 0.333. The Balaban J connectivity index is 1.76. The fourth-order valence-electron chi connectivity index (χ4n) is 4.34. The van der Waals surface area contributed by atoms with Gasteiger partial charge in [-0.2, -0.15) is 5.26 Å². The highest BCUT2D eigenvalue weighted by atomic mass is 16.6. The summed E-state index contributed by atoms with van der Waals surface area (Å²) < 4.78 is 2.20. The predicted octanol–water partition coefficient (Wildman–Crippen LogP) is 4.10. The maximum Gasteiger partial charge on any atom is 0.269 e. The van der Waals surface area contributed by atoms with Crippen LogP contribution >= 0.6 is 0 Å². The Labute approximate surface area is 180 Å². The highest BCUT2D eigenvalue weighted by Crippen LogP contribution is 2.34. The van der Waals surface area contributed by atoms with Crippen molar-refractivity contribution >= 4 is 22.5 Å². The van der Waals surface area contributed by atoms with E-state index in [0.717, 1.165) is 34.9 Å². The smallest absolute Gasteiger partial charge is 0.269 e. The Morgan fingerprint density at radius 1 is 1.32 bits per heavy atom. The van der Waals surface area contributed by atoms with E-state index in [1.165, 1.54) is 11.8 Å². The van der Waals surface area contributed by atoms with Crippen LogP contribution in [0.3, 0.4) is 0 Å². The Kier molecular flexibility index (Phi) is 5.47. The van der Waals surface area contributed by atoms with Gasteiger partial charge in [-0.05, 0) is 48.6 Å². The van der Waals surface area contributed by atoms with Crippen LogP contribution < -0.4 is 5.32 Å². The molecule has 7 nitrogen and oxygen atoms in total. The minimum Gasteiger partial charge on any atom is -0.353 e. The van der Waals surface area contributed by atoms with Crippen LogP contribution in [0, 0.1) is 27.4 Å². The third kappa shape index (κ3) is 4.02.